The second-order valence-corrected chi connectivity index (χ2v) is 13.5. The summed E-state index contributed by atoms with van der Waals surface area (Å²) < 4.78 is 7.35. The maximum absolute atomic E-state index is 5.12. The van der Waals surface area contributed by atoms with Gasteiger partial charge in [-0.3, -0.25) is 4.57 Å². The third-order valence-electron chi connectivity index (χ3n) is 9.69. The lowest BCUT2D eigenvalue weighted by atomic mass is 10.0. The summed E-state index contributed by atoms with van der Waals surface area (Å²) in [6.45, 7) is 2.16. The van der Waals surface area contributed by atoms with Crippen LogP contribution in [0.2, 0.25) is 0 Å². The molecular formula is C44H29N3S. The highest BCUT2D eigenvalue weighted by Gasteiger charge is 2.18. The molecule has 0 saturated carbocycles. The first-order chi connectivity index (χ1) is 23.7. The molecule has 10 aromatic rings. The molecule has 0 amide bonds. The standard InChI is InChI=1S/C44H29N3S/c1-28-11-2-6-17-38(28)47-41-19-8-5-16-37(41)45-44(47)29-21-24-31(25-22-29)46-39-18-7-3-12-33(39)36-27-30(23-26-40(36)46)32-14-10-15-35-34-13-4-9-20-42(34)48-43(32)35/h2-27H,1H3. The van der Waals surface area contributed by atoms with E-state index in [-0.39, 0.29) is 0 Å². The third kappa shape index (κ3) is 4.03. The molecule has 3 heterocycles. The van der Waals surface area contributed by atoms with Gasteiger partial charge in [0.05, 0.1) is 27.8 Å². The van der Waals surface area contributed by atoms with E-state index in [2.05, 4.69) is 174 Å². The van der Waals surface area contributed by atoms with Crippen molar-refractivity contribution in [2.45, 2.75) is 6.92 Å². The summed E-state index contributed by atoms with van der Waals surface area (Å²) in [5.41, 5.74) is 11.6. The number of nitrogens with zero attached hydrogens (tertiary/aromatic N) is 3. The molecule has 226 valence electrons. The molecule has 0 bridgehead atoms. The largest absolute Gasteiger partial charge is 0.309 e. The van der Waals surface area contributed by atoms with E-state index in [1.54, 1.807) is 0 Å². The zero-order valence-corrected chi connectivity index (χ0v) is 27.1. The van der Waals surface area contributed by atoms with Crippen LogP contribution in [0.25, 0.3) is 86.9 Å². The fraction of sp³-hybridized carbons (Fsp3) is 0.0227. The Kier molecular flexibility index (Phi) is 5.96. The van der Waals surface area contributed by atoms with E-state index in [0.717, 1.165) is 33.8 Å². The first-order valence-electron chi connectivity index (χ1n) is 16.3. The number of imidazole rings is 1. The van der Waals surface area contributed by atoms with E-state index in [4.69, 9.17) is 4.98 Å². The number of hydrogen-bond acceptors (Lipinski definition) is 2. The number of fused-ring (bicyclic) bond motifs is 7. The molecule has 0 atom stereocenters. The van der Waals surface area contributed by atoms with Crippen LogP contribution in [0.1, 0.15) is 5.56 Å². The van der Waals surface area contributed by atoms with Crippen molar-refractivity contribution in [3.8, 4) is 33.9 Å². The third-order valence-corrected chi connectivity index (χ3v) is 10.9. The number of rotatable bonds is 4. The second kappa shape index (κ2) is 10.5. The molecule has 4 heteroatoms. The van der Waals surface area contributed by atoms with Gasteiger partial charge in [0.1, 0.15) is 5.82 Å². The van der Waals surface area contributed by atoms with Crippen molar-refractivity contribution in [3.63, 3.8) is 0 Å². The maximum Gasteiger partial charge on any atom is 0.145 e. The van der Waals surface area contributed by atoms with Gasteiger partial charge in [0.25, 0.3) is 0 Å². The number of thiophene rings is 1. The number of hydrogen-bond donors (Lipinski definition) is 0. The van der Waals surface area contributed by atoms with Gasteiger partial charge in [0, 0.05) is 42.2 Å². The normalized spacial score (nSPS) is 11.9. The Balaban J connectivity index is 1.12. The van der Waals surface area contributed by atoms with Crippen molar-refractivity contribution in [1.29, 1.82) is 0 Å². The molecule has 3 aromatic heterocycles. The molecule has 0 aliphatic rings. The molecule has 7 aromatic carbocycles. The van der Waals surface area contributed by atoms with E-state index in [0.29, 0.717) is 0 Å². The summed E-state index contributed by atoms with van der Waals surface area (Å²) in [5.74, 6) is 0.944. The van der Waals surface area contributed by atoms with Crippen molar-refractivity contribution in [1.82, 2.24) is 14.1 Å². The quantitative estimate of drug-likeness (QED) is 0.189. The lowest BCUT2D eigenvalue weighted by molar-refractivity contribution is 1.08. The first kappa shape index (κ1) is 27.2. The molecule has 0 spiro atoms. The SMILES string of the molecule is Cc1ccccc1-n1c(-c2ccc(-n3c4ccccc4c4cc(-c5cccc6c5sc5ccccc56)ccc43)cc2)nc2ccccc21. The molecule has 0 unspecified atom stereocenters. The molecule has 0 radical (unpaired) electrons. The zero-order valence-electron chi connectivity index (χ0n) is 26.3. The Bertz CT molecular complexity index is 2850. The van der Waals surface area contributed by atoms with Crippen molar-refractivity contribution in [3.05, 3.63) is 163 Å². The van der Waals surface area contributed by atoms with Gasteiger partial charge >= 0.3 is 0 Å². The number of para-hydroxylation sites is 4. The lowest BCUT2D eigenvalue weighted by Crippen LogP contribution is -2.00. The van der Waals surface area contributed by atoms with Gasteiger partial charge in [-0.1, -0.05) is 91.0 Å². The van der Waals surface area contributed by atoms with Gasteiger partial charge in [-0.25, -0.2) is 4.98 Å². The Hall–Kier alpha value is -5.97. The van der Waals surface area contributed by atoms with Crippen LogP contribution in [0.4, 0.5) is 0 Å². The number of benzene rings is 7. The fourth-order valence-corrected chi connectivity index (χ4v) is 8.67. The van der Waals surface area contributed by atoms with Gasteiger partial charge in [-0.15, -0.1) is 11.3 Å². The van der Waals surface area contributed by atoms with Gasteiger partial charge in [0.15, 0.2) is 0 Å². The van der Waals surface area contributed by atoms with Crippen molar-refractivity contribution in [2.24, 2.45) is 0 Å². The van der Waals surface area contributed by atoms with Crippen LogP contribution in [0.15, 0.2) is 158 Å². The van der Waals surface area contributed by atoms with Crippen LogP contribution in [0, 0.1) is 6.92 Å². The predicted molar refractivity (Wildman–Crippen MR) is 204 cm³/mol. The van der Waals surface area contributed by atoms with Gasteiger partial charge < -0.3 is 4.57 Å². The Morgan fingerprint density at radius 2 is 1.19 bits per heavy atom. The zero-order chi connectivity index (χ0) is 31.8. The fourth-order valence-electron chi connectivity index (χ4n) is 7.43. The predicted octanol–water partition coefficient (Wildman–Crippen LogP) is 12.1. The topological polar surface area (TPSA) is 22.8 Å². The highest BCUT2D eigenvalue weighted by Crippen LogP contribution is 2.42. The summed E-state index contributed by atoms with van der Waals surface area (Å²) >= 11 is 1.88. The molecule has 0 saturated heterocycles. The first-order valence-corrected chi connectivity index (χ1v) is 17.1. The smallest absolute Gasteiger partial charge is 0.145 e. The van der Waals surface area contributed by atoms with Crippen LogP contribution in [-0.4, -0.2) is 14.1 Å². The van der Waals surface area contributed by atoms with E-state index >= 15 is 0 Å². The summed E-state index contributed by atoms with van der Waals surface area (Å²) in [5, 5.41) is 5.16. The minimum Gasteiger partial charge on any atom is -0.309 e. The molecule has 3 nitrogen and oxygen atoms in total. The average molecular weight is 632 g/mol. The van der Waals surface area contributed by atoms with Gasteiger partial charge in [-0.05, 0) is 90.3 Å². The van der Waals surface area contributed by atoms with Gasteiger partial charge in [-0.2, -0.15) is 0 Å². The van der Waals surface area contributed by atoms with Crippen molar-refractivity contribution >= 4 is 64.3 Å². The van der Waals surface area contributed by atoms with Crippen LogP contribution < -0.4 is 0 Å². The van der Waals surface area contributed by atoms with Crippen LogP contribution in [-0.2, 0) is 0 Å². The molecule has 0 aliphatic heterocycles. The van der Waals surface area contributed by atoms with E-state index < -0.39 is 0 Å². The molecule has 0 aliphatic carbocycles. The minimum absolute atomic E-state index is 0.944. The van der Waals surface area contributed by atoms with Crippen molar-refractivity contribution < 1.29 is 0 Å². The minimum atomic E-state index is 0.944. The van der Waals surface area contributed by atoms with Crippen LogP contribution in [0.3, 0.4) is 0 Å². The van der Waals surface area contributed by atoms with E-state index in [1.807, 2.05) is 11.3 Å². The summed E-state index contributed by atoms with van der Waals surface area (Å²) in [6.07, 6.45) is 0. The summed E-state index contributed by atoms with van der Waals surface area (Å²) in [4.78, 5) is 5.12. The lowest BCUT2D eigenvalue weighted by Gasteiger charge is -2.13. The molecule has 48 heavy (non-hydrogen) atoms. The van der Waals surface area contributed by atoms with Crippen LogP contribution in [0.5, 0.6) is 0 Å². The molecule has 0 fully saturated rings. The van der Waals surface area contributed by atoms with Crippen LogP contribution >= 0.6 is 11.3 Å². The second-order valence-electron chi connectivity index (χ2n) is 12.5. The summed E-state index contributed by atoms with van der Waals surface area (Å²) in [6, 6.07) is 56.9. The maximum atomic E-state index is 5.12. The molecule has 0 N–H and O–H groups in total. The Morgan fingerprint density at radius 1 is 0.500 bits per heavy atom. The Labute approximate surface area is 281 Å². The van der Waals surface area contributed by atoms with Crippen molar-refractivity contribution in [2.75, 3.05) is 0 Å². The summed E-state index contributed by atoms with van der Waals surface area (Å²) in [7, 11) is 0. The monoisotopic (exact) mass is 631 g/mol. The van der Waals surface area contributed by atoms with Gasteiger partial charge in [0.2, 0.25) is 0 Å². The number of aryl methyl sites for hydroxylation is 1. The Morgan fingerprint density at radius 3 is 2.06 bits per heavy atom. The highest BCUT2D eigenvalue weighted by atomic mass is 32.1. The highest BCUT2D eigenvalue weighted by molar-refractivity contribution is 7.26. The molecular weight excluding hydrogens is 603 g/mol. The van der Waals surface area contributed by atoms with E-state index in [1.165, 1.54) is 58.7 Å². The molecule has 10 rings (SSSR count). The van der Waals surface area contributed by atoms with E-state index in [9.17, 15) is 0 Å². The number of aromatic nitrogens is 3. The average Bonchev–Trinajstić information content (AvgIpc) is 3.82.